The van der Waals surface area contributed by atoms with Crippen molar-refractivity contribution in [2.24, 2.45) is 0 Å². The number of ether oxygens (including phenoxy) is 2. The molecular weight excluding hydrogens is 498 g/mol. The first kappa shape index (κ1) is 26.2. The molecule has 192 valence electrons. The summed E-state index contributed by atoms with van der Waals surface area (Å²) in [5.41, 5.74) is 2.27. The van der Waals surface area contributed by atoms with Gasteiger partial charge in [-0.1, -0.05) is 18.2 Å². The zero-order chi connectivity index (χ0) is 26.6. The summed E-state index contributed by atoms with van der Waals surface area (Å²) in [5, 5.41) is 9.96. The van der Waals surface area contributed by atoms with E-state index >= 15 is 0 Å². The molecule has 3 rings (SSSR count). The zero-order valence-corrected chi connectivity index (χ0v) is 20.0. The number of fused-ring (bicyclic) bond motifs is 1. The van der Waals surface area contributed by atoms with Crippen molar-refractivity contribution >= 4 is 45.2 Å². The molecule has 0 aliphatic rings. The number of nitrogens with zero attached hydrogens (tertiary/aromatic N) is 1. The van der Waals surface area contributed by atoms with Gasteiger partial charge in [-0.2, -0.15) is 8.42 Å². The van der Waals surface area contributed by atoms with Crippen molar-refractivity contribution in [3.8, 4) is 0 Å². The van der Waals surface area contributed by atoms with Crippen LogP contribution in [0.1, 0.15) is 50.6 Å². The van der Waals surface area contributed by atoms with Crippen LogP contribution in [0.2, 0.25) is 0 Å². The average molecular weight is 522 g/mol. The van der Waals surface area contributed by atoms with Gasteiger partial charge in [-0.15, -0.1) is 0 Å². The fourth-order valence-electron chi connectivity index (χ4n) is 3.44. The molecule has 0 fully saturated rings. The molecular formula is C21H23N5O9S. The number of aliphatic hydroxyl groups excluding tert-OH is 1. The third kappa shape index (κ3) is 5.01. The second-order valence-electron chi connectivity index (χ2n) is 7.10. The summed E-state index contributed by atoms with van der Waals surface area (Å²) in [6, 6.07) is 7.62. The molecule has 2 heterocycles. The van der Waals surface area contributed by atoms with Crippen LogP contribution >= 0.6 is 0 Å². The third-order valence-corrected chi connectivity index (χ3v) is 5.76. The molecule has 0 aliphatic carbocycles. The first-order valence-electron chi connectivity index (χ1n) is 10.5. The van der Waals surface area contributed by atoms with E-state index in [0.29, 0.717) is 4.40 Å². The normalized spacial score (nSPS) is 11.2. The third-order valence-electron chi connectivity index (χ3n) is 4.80. The van der Waals surface area contributed by atoms with Crippen molar-refractivity contribution in [3.05, 3.63) is 63.1 Å². The number of carbonyl (C=O) groups excluding carboxylic acids is 3. The monoisotopic (exact) mass is 521 g/mol. The first-order valence-corrected chi connectivity index (χ1v) is 12.0. The molecule has 14 nitrogen and oxygen atoms in total. The van der Waals surface area contributed by atoms with Gasteiger partial charge in [0.2, 0.25) is 0 Å². The number of nitrogens with two attached hydrogens (primary N) is 1. The molecule has 1 aromatic carbocycles. The number of H-pyrrole nitrogens is 1. The summed E-state index contributed by atoms with van der Waals surface area (Å²) < 4.78 is 39.2. The highest BCUT2D eigenvalue weighted by atomic mass is 32.2. The van der Waals surface area contributed by atoms with Crippen molar-refractivity contribution in [2.45, 2.75) is 20.5 Å². The molecule has 3 aromatic rings. The molecule has 15 heteroatoms. The lowest BCUT2D eigenvalue weighted by molar-refractivity contribution is 0.0479. The minimum Gasteiger partial charge on any atom is -0.462 e. The minimum absolute atomic E-state index is 0.0840. The predicted molar refractivity (Wildman–Crippen MR) is 127 cm³/mol. The number of hydrogen-bond donors (Lipinski definition) is 5. The number of esters is 2. The Hall–Kier alpha value is -4.37. The predicted octanol–water partition coefficient (Wildman–Crippen LogP) is 0.142. The van der Waals surface area contributed by atoms with Crippen LogP contribution in [0.15, 0.2) is 35.1 Å². The summed E-state index contributed by atoms with van der Waals surface area (Å²) in [5.74, 6) is -4.09. The van der Waals surface area contributed by atoms with Crippen LogP contribution in [0, 0.1) is 0 Å². The van der Waals surface area contributed by atoms with Crippen molar-refractivity contribution in [3.63, 3.8) is 0 Å². The van der Waals surface area contributed by atoms with Gasteiger partial charge in [0, 0.05) is 0 Å². The molecule has 0 bridgehead atoms. The number of amides is 1. The molecule has 0 atom stereocenters. The fraction of sp³-hybridized carbons (Fsp3) is 0.238. The van der Waals surface area contributed by atoms with Gasteiger partial charge in [0.1, 0.15) is 28.2 Å². The SMILES string of the molecule is CCOC(=O)c1c(C(=O)OCC)c2[nH]c(N)c(C(=O)NS(=O)(=O)Nc3ccccc3)c(=O)n2c1CO. The van der Waals surface area contributed by atoms with E-state index in [0.717, 1.165) is 0 Å². The Kier molecular flexibility index (Phi) is 7.65. The van der Waals surface area contributed by atoms with E-state index in [9.17, 15) is 32.7 Å². The summed E-state index contributed by atoms with van der Waals surface area (Å²) in [6.07, 6.45) is 0. The number of aliphatic hydroxyl groups is 1. The van der Waals surface area contributed by atoms with E-state index in [1.165, 1.54) is 26.0 Å². The second-order valence-corrected chi connectivity index (χ2v) is 8.52. The van der Waals surface area contributed by atoms with E-state index in [2.05, 4.69) is 9.71 Å². The van der Waals surface area contributed by atoms with Gasteiger partial charge in [-0.25, -0.2) is 14.3 Å². The Morgan fingerprint density at radius 3 is 2.17 bits per heavy atom. The van der Waals surface area contributed by atoms with Crippen LogP contribution in [0.5, 0.6) is 0 Å². The van der Waals surface area contributed by atoms with E-state index in [-0.39, 0.29) is 24.5 Å². The van der Waals surface area contributed by atoms with Crippen LogP contribution in [0.3, 0.4) is 0 Å². The van der Waals surface area contributed by atoms with Gasteiger partial charge in [-0.05, 0) is 26.0 Å². The van der Waals surface area contributed by atoms with Gasteiger partial charge in [0.15, 0.2) is 0 Å². The lowest BCUT2D eigenvalue weighted by atomic mass is 10.1. The number of nitrogen functional groups attached to an aromatic ring is 1. The fourth-order valence-corrected chi connectivity index (χ4v) is 4.28. The van der Waals surface area contributed by atoms with Gasteiger partial charge in [0.05, 0.1) is 31.2 Å². The molecule has 2 aromatic heterocycles. The topological polar surface area (TPSA) is 211 Å². The number of aromatic nitrogens is 2. The summed E-state index contributed by atoms with van der Waals surface area (Å²) in [7, 11) is -4.49. The number of para-hydroxylation sites is 1. The van der Waals surface area contributed by atoms with Crippen LogP contribution < -0.4 is 20.7 Å². The van der Waals surface area contributed by atoms with E-state index in [1.54, 1.807) is 22.9 Å². The van der Waals surface area contributed by atoms with Crippen LogP contribution in [-0.2, 0) is 26.3 Å². The highest BCUT2D eigenvalue weighted by molar-refractivity contribution is 7.91. The highest BCUT2D eigenvalue weighted by Crippen LogP contribution is 2.25. The molecule has 0 spiro atoms. The second kappa shape index (κ2) is 10.5. The first-order chi connectivity index (χ1) is 17.1. The summed E-state index contributed by atoms with van der Waals surface area (Å²) in [6.45, 7) is 1.91. The maximum atomic E-state index is 13.3. The van der Waals surface area contributed by atoms with Crippen molar-refractivity contribution in [1.29, 1.82) is 0 Å². The van der Waals surface area contributed by atoms with Crippen LogP contribution in [0.25, 0.3) is 5.65 Å². The summed E-state index contributed by atoms with van der Waals surface area (Å²) in [4.78, 5) is 53.9. The van der Waals surface area contributed by atoms with Crippen molar-refractivity contribution < 1.29 is 37.4 Å². The smallest absolute Gasteiger partial charge is 0.342 e. The van der Waals surface area contributed by atoms with Gasteiger partial charge in [-0.3, -0.25) is 18.7 Å². The van der Waals surface area contributed by atoms with E-state index in [4.69, 9.17) is 15.2 Å². The van der Waals surface area contributed by atoms with Crippen molar-refractivity contribution in [1.82, 2.24) is 14.1 Å². The Labute approximate surface area is 204 Å². The van der Waals surface area contributed by atoms with E-state index in [1.807, 2.05) is 0 Å². The largest absolute Gasteiger partial charge is 0.462 e. The van der Waals surface area contributed by atoms with E-state index < -0.39 is 68.4 Å². The maximum Gasteiger partial charge on any atom is 0.342 e. The number of rotatable bonds is 9. The number of aromatic amines is 1. The number of anilines is 2. The Morgan fingerprint density at radius 2 is 1.61 bits per heavy atom. The standard InChI is InChI=1S/C21H23N5O9S/c1-3-34-20(30)13-12(10-27)26-17(14(13)21(31)35-4-2)23-16(22)15(19(26)29)18(28)25-36(32,33)24-11-8-6-5-7-9-11/h5-9,23-24,27H,3-4,10,22H2,1-2H3,(H,25,28). The average Bonchev–Trinajstić information content (AvgIpc) is 3.13. The Morgan fingerprint density at radius 1 is 1.03 bits per heavy atom. The quantitative estimate of drug-likeness (QED) is 0.240. The highest BCUT2D eigenvalue weighted by Gasteiger charge is 2.33. The Balaban J connectivity index is 2.19. The molecule has 1 amide bonds. The summed E-state index contributed by atoms with van der Waals surface area (Å²) >= 11 is 0. The maximum absolute atomic E-state index is 13.3. The molecule has 0 saturated carbocycles. The van der Waals surface area contributed by atoms with Crippen LogP contribution in [0.4, 0.5) is 11.5 Å². The lowest BCUT2D eigenvalue weighted by Crippen LogP contribution is -2.39. The molecule has 6 N–H and O–H groups in total. The minimum atomic E-state index is -4.49. The van der Waals surface area contributed by atoms with Gasteiger partial charge >= 0.3 is 22.1 Å². The molecule has 0 saturated heterocycles. The van der Waals surface area contributed by atoms with Crippen molar-refractivity contribution in [2.75, 3.05) is 23.7 Å². The molecule has 0 unspecified atom stereocenters. The number of hydrogen-bond acceptors (Lipinski definition) is 10. The van der Waals surface area contributed by atoms with Crippen LogP contribution in [-0.4, -0.2) is 54.0 Å². The number of nitrogens with one attached hydrogen (secondary N) is 3. The zero-order valence-electron chi connectivity index (χ0n) is 19.2. The Bertz CT molecular complexity index is 1490. The van der Waals surface area contributed by atoms with Gasteiger partial charge < -0.3 is 25.3 Å². The lowest BCUT2D eigenvalue weighted by Gasteiger charge is -2.11. The molecule has 0 radical (unpaired) electrons. The van der Waals surface area contributed by atoms with Gasteiger partial charge in [0.25, 0.3) is 11.5 Å². The molecule has 0 aliphatic heterocycles. The molecule has 36 heavy (non-hydrogen) atoms. The number of benzene rings is 1. The number of carbonyl (C=O) groups is 3.